The fourth-order valence-corrected chi connectivity index (χ4v) is 3.14. The Morgan fingerprint density at radius 1 is 0.720 bits per heavy atom. The third-order valence-corrected chi connectivity index (χ3v) is 4.22. The molecule has 0 bridgehead atoms. The van der Waals surface area contributed by atoms with Gasteiger partial charge in [-0.1, -0.05) is 59.1 Å². The normalized spacial score (nSPS) is 10.5. The summed E-state index contributed by atoms with van der Waals surface area (Å²) in [5.41, 5.74) is 3.01. The lowest BCUT2D eigenvalue weighted by Crippen LogP contribution is -2.00. The topological polar surface area (TPSA) is 21.3 Å². The van der Waals surface area contributed by atoms with E-state index >= 15 is 0 Å². The molecule has 0 aliphatic heterocycles. The van der Waals surface area contributed by atoms with Gasteiger partial charge in [0, 0.05) is 27.3 Å². The highest BCUT2D eigenvalue weighted by Gasteiger charge is 2.01. The summed E-state index contributed by atoms with van der Waals surface area (Å²) in [5, 5.41) is 5.23. The van der Waals surface area contributed by atoms with Gasteiger partial charge in [-0.3, -0.25) is 0 Å². The Balaban J connectivity index is 1.61. The van der Waals surface area contributed by atoms with Crippen molar-refractivity contribution in [1.82, 2.24) is 0 Å². The minimum Gasteiger partial charge on any atom is -0.489 e. The van der Waals surface area contributed by atoms with Crippen molar-refractivity contribution in [3.05, 3.63) is 92.9 Å². The van der Waals surface area contributed by atoms with Gasteiger partial charge in [-0.2, -0.15) is 0 Å². The Labute approximate surface area is 162 Å². The van der Waals surface area contributed by atoms with Crippen LogP contribution in [0.5, 0.6) is 5.75 Å². The molecule has 3 rings (SSSR count). The second kappa shape index (κ2) is 8.48. The van der Waals surface area contributed by atoms with Gasteiger partial charge >= 0.3 is 0 Å². The lowest BCUT2D eigenvalue weighted by molar-refractivity contribution is 0.306. The molecule has 0 saturated carbocycles. The Kier molecular flexibility index (Phi) is 6.09. The molecule has 0 atom stereocenters. The van der Waals surface area contributed by atoms with Crippen molar-refractivity contribution in [3.63, 3.8) is 0 Å². The lowest BCUT2D eigenvalue weighted by atomic mass is 10.2. The van der Waals surface area contributed by atoms with Crippen LogP contribution in [0.25, 0.3) is 0 Å². The molecule has 25 heavy (non-hydrogen) atoms. The number of ether oxygens (including phenoxy) is 1. The fourth-order valence-electron chi connectivity index (χ4n) is 2.40. The monoisotopic (exact) mass is 391 g/mol. The first kappa shape index (κ1) is 17.9. The number of benzene rings is 3. The number of halogens is 3. The molecule has 0 heterocycles. The molecule has 0 saturated heterocycles. The third kappa shape index (κ3) is 5.57. The molecule has 0 amide bonds. The third-order valence-electron chi connectivity index (χ3n) is 3.55. The standard InChI is InChI=1S/C20H16Cl3NO/c21-16-5-1-4-15(7-16)13-25-20-6-2-3-14(8-20)12-24-19-10-17(22)9-18(23)11-19/h1-11,24H,12-13H2. The second-order valence-electron chi connectivity index (χ2n) is 5.58. The molecule has 128 valence electrons. The summed E-state index contributed by atoms with van der Waals surface area (Å²) >= 11 is 18.0. The zero-order valence-corrected chi connectivity index (χ0v) is 15.6. The van der Waals surface area contributed by atoms with Gasteiger partial charge in [0.15, 0.2) is 0 Å². The first-order valence-electron chi connectivity index (χ1n) is 7.75. The van der Waals surface area contributed by atoms with Crippen molar-refractivity contribution in [2.45, 2.75) is 13.2 Å². The van der Waals surface area contributed by atoms with Crippen LogP contribution in [0.3, 0.4) is 0 Å². The predicted octanol–water partition coefficient (Wildman–Crippen LogP) is 6.84. The van der Waals surface area contributed by atoms with Crippen LogP contribution in [-0.4, -0.2) is 0 Å². The number of anilines is 1. The lowest BCUT2D eigenvalue weighted by Gasteiger charge is -2.10. The molecule has 0 fully saturated rings. The second-order valence-corrected chi connectivity index (χ2v) is 6.89. The van der Waals surface area contributed by atoms with E-state index in [1.807, 2.05) is 60.7 Å². The maximum Gasteiger partial charge on any atom is 0.120 e. The Hall–Kier alpha value is -1.87. The minimum absolute atomic E-state index is 0.474. The Morgan fingerprint density at radius 2 is 1.44 bits per heavy atom. The summed E-state index contributed by atoms with van der Waals surface area (Å²) in [7, 11) is 0. The molecule has 1 N–H and O–H groups in total. The number of rotatable bonds is 6. The van der Waals surface area contributed by atoms with Gasteiger partial charge in [-0.25, -0.2) is 0 Å². The van der Waals surface area contributed by atoms with Crippen molar-refractivity contribution in [2.24, 2.45) is 0 Å². The van der Waals surface area contributed by atoms with E-state index in [0.29, 0.717) is 28.2 Å². The van der Waals surface area contributed by atoms with Gasteiger partial charge in [-0.05, 0) is 53.6 Å². The first-order chi connectivity index (χ1) is 12.1. The van der Waals surface area contributed by atoms with Crippen LogP contribution >= 0.6 is 34.8 Å². The smallest absolute Gasteiger partial charge is 0.120 e. The average molecular weight is 393 g/mol. The predicted molar refractivity (Wildman–Crippen MR) is 106 cm³/mol. The zero-order chi connectivity index (χ0) is 17.6. The van der Waals surface area contributed by atoms with Crippen LogP contribution in [0.15, 0.2) is 66.7 Å². The highest BCUT2D eigenvalue weighted by Crippen LogP contribution is 2.23. The summed E-state index contributed by atoms with van der Waals surface area (Å²) in [5.74, 6) is 0.809. The number of nitrogens with one attached hydrogen (secondary N) is 1. The van der Waals surface area contributed by atoms with Crippen molar-refractivity contribution < 1.29 is 4.74 Å². The van der Waals surface area contributed by atoms with E-state index in [1.165, 1.54) is 0 Å². The molecular weight excluding hydrogens is 377 g/mol. The van der Waals surface area contributed by atoms with E-state index in [4.69, 9.17) is 39.5 Å². The first-order valence-corrected chi connectivity index (χ1v) is 8.88. The van der Waals surface area contributed by atoms with Crippen LogP contribution in [-0.2, 0) is 13.2 Å². The summed E-state index contributed by atoms with van der Waals surface area (Å²) in [6, 6.07) is 21.0. The molecule has 3 aromatic carbocycles. The van der Waals surface area contributed by atoms with Crippen molar-refractivity contribution in [3.8, 4) is 5.75 Å². The van der Waals surface area contributed by atoms with E-state index < -0.39 is 0 Å². The molecule has 0 radical (unpaired) electrons. The van der Waals surface area contributed by atoms with Crippen LogP contribution in [0.2, 0.25) is 15.1 Å². The summed E-state index contributed by atoms with van der Waals surface area (Å²) in [4.78, 5) is 0. The van der Waals surface area contributed by atoms with Gasteiger partial charge in [-0.15, -0.1) is 0 Å². The number of hydrogen-bond donors (Lipinski definition) is 1. The molecule has 0 aliphatic rings. The van der Waals surface area contributed by atoms with Crippen LogP contribution in [0.4, 0.5) is 5.69 Å². The van der Waals surface area contributed by atoms with Crippen molar-refractivity contribution >= 4 is 40.5 Å². The van der Waals surface area contributed by atoms with Crippen LogP contribution in [0, 0.1) is 0 Å². The Morgan fingerprint density at radius 3 is 2.20 bits per heavy atom. The van der Waals surface area contributed by atoms with Crippen LogP contribution in [0.1, 0.15) is 11.1 Å². The van der Waals surface area contributed by atoms with Crippen LogP contribution < -0.4 is 10.1 Å². The largest absolute Gasteiger partial charge is 0.489 e. The SMILES string of the molecule is Clc1cccc(COc2cccc(CNc3cc(Cl)cc(Cl)c3)c2)c1. The molecule has 2 nitrogen and oxygen atoms in total. The molecule has 5 heteroatoms. The summed E-state index contributed by atoms with van der Waals surface area (Å²) < 4.78 is 5.85. The molecule has 0 aromatic heterocycles. The molecule has 0 aliphatic carbocycles. The van der Waals surface area contributed by atoms with Gasteiger partial charge < -0.3 is 10.1 Å². The van der Waals surface area contributed by atoms with E-state index in [1.54, 1.807) is 6.07 Å². The molecule has 0 spiro atoms. The van der Waals surface area contributed by atoms with E-state index in [2.05, 4.69) is 5.32 Å². The van der Waals surface area contributed by atoms with Gasteiger partial charge in [0.1, 0.15) is 12.4 Å². The number of hydrogen-bond acceptors (Lipinski definition) is 2. The van der Waals surface area contributed by atoms with E-state index in [-0.39, 0.29) is 0 Å². The van der Waals surface area contributed by atoms with E-state index in [0.717, 1.165) is 22.6 Å². The maximum atomic E-state index is 6.01. The highest BCUT2D eigenvalue weighted by atomic mass is 35.5. The zero-order valence-electron chi connectivity index (χ0n) is 13.3. The van der Waals surface area contributed by atoms with Gasteiger partial charge in [0.25, 0.3) is 0 Å². The highest BCUT2D eigenvalue weighted by molar-refractivity contribution is 6.35. The molecule has 3 aromatic rings. The van der Waals surface area contributed by atoms with Crippen molar-refractivity contribution in [2.75, 3.05) is 5.32 Å². The average Bonchev–Trinajstić information content (AvgIpc) is 2.58. The summed E-state index contributed by atoms with van der Waals surface area (Å²) in [6.07, 6.45) is 0. The quantitative estimate of drug-likeness (QED) is 0.496. The summed E-state index contributed by atoms with van der Waals surface area (Å²) in [6.45, 7) is 1.12. The maximum absolute atomic E-state index is 6.01. The van der Waals surface area contributed by atoms with Gasteiger partial charge in [0.05, 0.1) is 0 Å². The Bertz CT molecular complexity index is 847. The van der Waals surface area contributed by atoms with Crippen molar-refractivity contribution in [1.29, 1.82) is 0 Å². The minimum atomic E-state index is 0.474. The molecule has 0 unspecified atom stereocenters. The van der Waals surface area contributed by atoms with Gasteiger partial charge in [0.2, 0.25) is 0 Å². The molecular formula is C20H16Cl3NO. The fraction of sp³-hybridized carbons (Fsp3) is 0.100. The van der Waals surface area contributed by atoms with E-state index in [9.17, 15) is 0 Å².